The molecule has 6 heteroatoms. The topological polar surface area (TPSA) is 59.8 Å². The first-order valence-electron chi connectivity index (χ1n) is 5.27. The maximum absolute atomic E-state index is 12.6. The molecule has 0 unspecified atom stereocenters. The van der Waals surface area contributed by atoms with Crippen LogP contribution in [0.5, 0.6) is 0 Å². The average Bonchev–Trinajstić information content (AvgIpc) is 2.38. The molecule has 0 fully saturated rings. The molecule has 0 spiro atoms. The number of benzene rings is 1. The minimum absolute atomic E-state index is 0.108. The van der Waals surface area contributed by atoms with Crippen molar-refractivity contribution >= 4 is 5.90 Å². The fourth-order valence-corrected chi connectivity index (χ4v) is 1.58. The summed E-state index contributed by atoms with van der Waals surface area (Å²) in [6, 6.07) is 7.59. The Bertz CT molecular complexity index is 623. The lowest BCUT2D eigenvalue weighted by atomic mass is 10.1. The van der Waals surface area contributed by atoms with Gasteiger partial charge in [0.05, 0.1) is 11.3 Å². The predicted octanol–water partition coefficient (Wildman–Crippen LogP) is 2.45. The number of nitrogens with zero attached hydrogens (tertiary/aromatic N) is 1. The first-order chi connectivity index (χ1) is 8.88. The van der Waals surface area contributed by atoms with Gasteiger partial charge in [-0.25, -0.2) is 0 Å². The van der Waals surface area contributed by atoms with Crippen molar-refractivity contribution in [2.45, 2.75) is 6.18 Å². The first kappa shape index (κ1) is 13.1. The summed E-state index contributed by atoms with van der Waals surface area (Å²) in [4.78, 5) is 3.85. The molecule has 0 amide bonds. The maximum atomic E-state index is 12.6. The summed E-state index contributed by atoms with van der Waals surface area (Å²) in [6.45, 7) is 0. The number of hydrogen-bond acceptors (Lipinski definition) is 3. The van der Waals surface area contributed by atoms with Crippen LogP contribution in [0.4, 0.5) is 13.2 Å². The third-order valence-corrected chi connectivity index (χ3v) is 2.51. The van der Waals surface area contributed by atoms with E-state index in [0.717, 1.165) is 18.3 Å². The SMILES string of the molecule is N=C([O-])c1cccc(-c2cc(C(F)(F)F)ccn2)c1. The lowest BCUT2D eigenvalue weighted by Gasteiger charge is -2.11. The van der Waals surface area contributed by atoms with Crippen LogP contribution in [0.3, 0.4) is 0 Å². The Kier molecular flexibility index (Phi) is 3.25. The van der Waals surface area contributed by atoms with E-state index in [0.29, 0.717) is 5.56 Å². The van der Waals surface area contributed by atoms with Gasteiger partial charge in [0.25, 0.3) is 0 Å². The van der Waals surface area contributed by atoms with Gasteiger partial charge in [0, 0.05) is 11.8 Å². The standard InChI is InChI=1S/C13H9F3N2O/c14-13(15,16)10-4-5-18-11(7-10)8-2-1-3-9(6-8)12(17)19/h1-7H,(H2,17,19)/p-1. The van der Waals surface area contributed by atoms with Crippen LogP contribution in [0, 0.1) is 5.41 Å². The van der Waals surface area contributed by atoms with Gasteiger partial charge in [-0.3, -0.25) is 4.98 Å². The van der Waals surface area contributed by atoms with E-state index in [1.54, 1.807) is 0 Å². The predicted molar refractivity (Wildman–Crippen MR) is 61.5 cm³/mol. The van der Waals surface area contributed by atoms with Gasteiger partial charge in [-0.15, -0.1) is 0 Å². The summed E-state index contributed by atoms with van der Waals surface area (Å²) in [5.74, 6) is -0.895. The zero-order chi connectivity index (χ0) is 14.0. The number of rotatable bonds is 2. The van der Waals surface area contributed by atoms with Crippen LogP contribution < -0.4 is 5.11 Å². The van der Waals surface area contributed by atoms with Crippen LogP contribution in [0.15, 0.2) is 42.6 Å². The largest absolute Gasteiger partial charge is 0.859 e. The summed E-state index contributed by atoms with van der Waals surface area (Å²) in [7, 11) is 0. The summed E-state index contributed by atoms with van der Waals surface area (Å²) in [6.07, 6.45) is -3.38. The van der Waals surface area contributed by atoms with Gasteiger partial charge in [0.1, 0.15) is 0 Å². The van der Waals surface area contributed by atoms with E-state index in [-0.39, 0.29) is 11.3 Å². The number of halogens is 3. The Hall–Kier alpha value is -2.37. The van der Waals surface area contributed by atoms with E-state index in [9.17, 15) is 18.3 Å². The second-order valence-electron chi connectivity index (χ2n) is 3.84. The van der Waals surface area contributed by atoms with Gasteiger partial charge in [-0.1, -0.05) is 18.2 Å². The van der Waals surface area contributed by atoms with Gasteiger partial charge in [-0.2, -0.15) is 13.2 Å². The molecular weight excluding hydrogens is 257 g/mol. The molecule has 1 aromatic heterocycles. The fourth-order valence-electron chi connectivity index (χ4n) is 1.58. The van der Waals surface area contributed by atoms with Crippen molar-refractivity contribution in [2.75, 3.05) is 0 Å². The highest BCUT2D eigenvalue weighted by molar-refractivity contribution is 5.89. The number of aromatic nitrogens is 1. The normalized spacial score (nSPS) is 11.3. The van der Waals surface area contributed by atoms with Crippen molar-refractivity contribution in [3.63, 3.8) is 0 Å². The van der Waals surface area contributed by atoms with Crippen LogP contribution in [0.25, 0.3) is 11.3 Å². The highest BCUT2D eigenvalue weighted by atomic mass is 19.4. The molecule has 0 aliphatic heterocycles. The number of nitrogens with one attached hydrogen (secondary N) is 1. The lowest BCUT2D eigenvalue weighted by molar-refractivity contribution is -0.214. The monoisotopic (exact) mass is 265 g/mol. The minimum Gasteiger partial charge on any atom is -0.859 e. The summed E-state index contributed by atoms with van der Waals surface area (Å²) in [5.41, 5.74) is -0.223. The quantitative estimate of drug-likeness (QED) is 0.669. The maximum Gasteiger partial charge on any atom is 0.416 e. The van der Waals surface area contributed by atoms with Crippen LogP contribution >= 0.6 is 0 Å². The molecule has 2 aromatic rings. The molecule has 3 nitrogen and oxygen atoms in total. The molecule has 1 heterocycles. The molecule has 1 aromatic carbocycles. The van der Waals surface area contributed by atoms with Gasteiger partial charge in [-0.05, 0) is 29.7 Å². The first-order valence-corrected chi connectivity index (χ1v) is 5.27. The van der Waals surface area contributed by atoms with E-state index in [4.69, 9.17) is 5.41 Å². The third-order valence-electron chi connectivity index (χ3n) is 2.51. The van der Waals surface area contributed by atoms with E-state index in [1.807, 2.05) is 0 Å². The highest BCUT2D eigenvalue weighted by Gasteiger charge is 2.30. The molecule has 1 N–H and O–H groups in total. The third kappa shape index (κ3) is 2.90. The lowest BCUT2D eigenvalue weighted by Crippen LogP contribution is -2.16. The molecule has 0 radical (unpaired) electrons. The number of pyridine rings is 1. The Labute approximate surface area is 106 Å². The van der Waals surface area contributed by atoms with Gasteiger partial charge < -0.3 is 10.5 Å². The smallest absolute Gasteiger partial charge is 0.416 e. The van der Waals surface area contributed by atoms with Crippen molar-refractivity contribution in [1.29, 1.82) is 5.41 Å². The summed E-state index contributed by atoms with van der Waals surface area (Å²) >= 11 is 0. The Morgan fingerprint density at radius 1 is 1.16 bits per heavy atom. The van der Waals surface area contributed by atoms with E-state index >= 15 is 0 Å². The highest BCUT2D eigenvalue weighted by Crippen LogP contribution is 2.31. The van der Waals surface area contributed by atoms with Crippen LogP contribution in [-0.4, -0.2) is 10.9 Å². The molecular formula is C13H8F3N2O-. The molecule has 0 aliphatic rings. The van der Waals surface area contributed by atoms with E-state index in [2.05, 4.69) is 4.98 Å². The molecule has 98 valence electrons. The average molecular weight is 265 g/mol. The Balaban J connectivity index is 2.48. The molecule has 0 bridgehead atoms. The van der Waals surface area contributed by atoms with E-state index in [1.165, 1.54) is 24.3 Å². The van der Waals surface area contributed by atoms with Crippen LogP contribution in [0.2, 0.25) is 0 Å². The Morgan fingerprint density at radius 2 is 1.89 bits per heavy atom. The van der Waals surface area contributed by atoms with Gasteiger partial charge in [0.2, 0.25) is 0 Å². The van der Waals surface area contributed by atoms with Crippen molar-refractivity contribution < 1.29 is 18.3 Å². The van der Waals surface area contributed by atoms with Crippen LogP contribution in [0.1, 0.15) is 11.1 Å². The second-order valence-corrected chi connectivity index (χ2v) is 3.84. The molecule has 19 heavy (non-hydrogen) atoms. The summed E-state index contributed by atoms with van der Waals surface area (Å²) < 4.78 is 37.7. The molecule has 0 aliphatic carbocycles. The second kappa shape index (κ2) is 4.72. The number of hydrogen-bond donors (Lipinski definition) is 1. The molecule has 0 saturated heterocycles. The van der Waals surface area contributed by atoms with Gasteiger partial charge >= 0.3 is 6.18 Å². The van der Waals surface area contributed by atoms with Crippen LogP contribution in [-0.2, 0) is 6.18 Å². The fraction of sp³-hybridized carbons (Fsp3) is 0.0769. The minimum atomic E-state index is -4.44. The van der Waals surface area contributed by atoms with Gasteiger partial charge in [0.15, 0.2) is 0 Å². The van der Waals surface area contributed by atoms with Crippen molar-refractivity contribution in [2.24, 2.45) is 0 Å². The summed E-state index contributed by atoms with van der Waals surface area (Å²) in [5, 5.41) is 17.9. The molecule has 0 saturated carbocycles. The Morgan fingerprint density at radius 3 is 2.53 bits per heavy atom. The van der Waals surface area contributed by atoms with Crippen molar-refractivity contribution in [3.8, 4) is 11.3 Å². The van der Waals surface area contributed by atoms with Crippen molar-refractivity contribution in [3.05, 3.63) is 53.7 Å². The number of alkyl halides is 3. The molecule has 0 atom stereocenters. The van der Waals surface area contributed by atoms with E-state index < -0.39 is 17.6 Å². The zero-order valence-corrected chi connectivity index (χ0v) is 9.53. The zero-order valence-electron chi connectivity index (χ0n) is 9.53. The van der Waals surface area contributed by atoms with Crippen molar-refractivity contribution in [1.82, 2.24) is 4.98 Å². The molecule has 2 rings (SSSR count).